The van der Waals surface area contributed by atoms with Crippen LogP contribution in [0.25, 0.3) is 0 Å². The number of carbonyl (C=O) groups is 3. The van der Waals surface area contributed by atoms with E-state index >= 15 is 0 Å². The van der Waals surface area contributed by atoms with E-state index in [2.05, 4.69) is 52.2 Å². The highest BCUT2D eigenvalue weighted by Gasteiger charge is 2.42. The quantitative estimate of drug-likeness (QED) is 0.175. The van der Waals surface area contributed by atoms with E-state index in [0.717, 1.165) is 64.3 Å². The van der Waals surface area contributed by atoms with Crippen LogP contribution in [0.5, 0.6) is 0 Å². The van der Waals surface area contributed by atoms with E-state index in [4.69, 9.17) is 0 Å². The van der Waals surface area contributed by atoms with Crippen molar-refractivity contribution in [3.05, 3.63) is 0 Å². The molecule has 0 bridgehead atoms. The summed E-state index contributed by atoms with van der Waals surface area (Å²) in [4.78, 5) is 39.1. The summed E-state index contributed by atoms with van der Waals surface area (Å²) in [6, 6.07) is -0.361. The number of urea groups is 3. The Balaban J connectivity index is 1.93. The van der Waals surface area contributed by atoms with Crippen molar-refractivity contribution in [1.29, 1.82) is 0 Å². The molecule has 36 heavy (non-hydrogen) atoms. The average molecular weight is 509 g/mol. The SMILES string of the molecule is CC(C)(C)CCCCCCNC(=O)NCCCCCCN1C(=O)N(CCCCCCC(C)(C)C)C1=O. The van der Waals surface area contributed by atoms with Gasteiger partial charge in [-0.3, -0.25) is 0 Å². The molecule has 1 aliphatic heterocycles. The van der Waals surface area contributed by atoms with Crippen LogP contribution in [0.1, 0.15) is 131 Å². The van der Waals surface area contributed by atoms with E-state index in [0.29, 0.717) is 30.5 Å². The first kappa shape index (κ1) is 32.2. The van der Waals surface area contributed by atoms with Crippen molar-refractivity contribution in [1.82, 2.24) is 20.4 Å². The number of unbranched alkanes of at least 4 members (excludes halogenated alkanes) is 9. The second kappa shape index (κ2) is 16.9. The summed E-state index contributed by atoms with van der Waals surface area (Å²) >= 11 is 0. The molecule has 0 aromatic heterocycles. The summed E-state index contributed by atoms with van der Waals surface area (Å²) in [5, 5.41) is 5.84. The topological polar surface area (TPSA) is 81.8 Å². The van der Waals surface area contributed by atoms with Gasteiger partial charge in [-0.05, 0) is 49.4 Å². The van der Waals surface area contributed by atoms with Crippen molar-refractivity contribution < 1.29 is 14.4 Å². The molecule has 7 heteroatoms. The summed E-state index contributed by atoms with van der Waals surface area (Å²) in [6.45, 7) is 16.0. The van der Waals surface area contributed by atoms with Gasteiger partial charge in [-0.2, -0.15) is 0 Å². The highest BCUT2D eigenvalue weighted by Crippen LogP contribution is 2.24. The summed E-state index contributed by atoms with van der Waals surface area (Å²) in [5.41, 5.74) is 0.786. The van der Waals surface area contributed by atoms with Gasteiger partial charge in [0.2, 0.25) is 0 Å². The van der Waals surface area contributed by atoms with Crippen LogP contribution < -0.4 is 10.6 Å². The monoisotopic (exact) mass is 508 g/mol. The minimum absolute atomic E-state index is 0.0873. The molecule has 0 unspecified atom stereocenters. The lowest BCUT2D eigenvalue weighted by atomic mass is 9.89. The molecule has 2 N–H and O–H groups in total. The van der Waals surface area contributed by atoms with E-state index < -0.39 is 0 Å². The zero-order valence-corrected chi connectivity index (χ0v) is 24.3. The third kappa shape index (κ3) is 15.4. The third-order valence-corrected chi connectivity index (χ3v) is 6.72. The highest BCUT2D eigenvalue weighted by molar-refractivity contribution is 6.11. The molecule has 7 nitrogen and oxygen atoms in total. The molecule has 1 saturated heterocycles. The van der Waals surface area contributed by atoms with E-state index in [1.165, 1.54) is 41.9 Å². The van der Waals surface area contributed by atoms with Gasteiger partial charge in [0.1, 0.15) is 0 Å². The van der Waals surface area contributed by atoms with E-state index in [1.54, 1.807) is 0 Å². The maximum absolute atomic E-state index is 12.2. The lowest BCUT2D eigenvalue weighted by Crippen LogP contribution is -2.64. The van der Waals surface area contributed by atoms with Crippen molar-refractivity contribution in [2.45, 2.75) is 131 Å². The lowest BCUT2D eigenvalue weighted by molar-refractivity contribution is 0.103. The van der Waals surface area contributed by atoms with Crippen molar-refractivity contribution in [3.8, 4) is 0 Å². The number of nitrogens with zero attached hydrogens (tertiary/aromatic N) is 2. The Bertz CT molecular complexity index is 636. The molecule has 0 aromatic carbocycles. The van der Waals surface area contributed by atoms with Gasteiger partial charge in [0, 0.05) is 26.2 Å². The van der Waals surface area contributed by atoms with Gasteiger partial charge >= 0.3 is 18.1 Å². The van der Waals surface area contributed by atoms with Crippen LogP contribution in [0, 0.1) is 10.8 Å². The zero-order chi connectivity index (χ0) is 27.0. The molecule has 1 heterocycles. The molecule has 0 atom stereocenters. The van der Waals surface area contributed by atoms with Gasteiger partial charge in [-0.1, -0.05) is 92.9 Å². The van der Waals surface area contributed by atoms with E-state index in [9.17, 15) is 14.4 Å². The number of imide groups is 2. The largest absolute Gasteiger partial charge is 0.338 e. The Morgan fingerprint density at radius 1 is 0.556 bits per heavy atom. The molecular weight excluding hydrogens is 452 g/mol. The molecular formula is C29H56N4O3. The molecule has 210 valence electrons. The fraction of sp³-hybridized carbons (Fsp3) is 0.897. The number of hydrogen-bond acceptors (Lipinski definition) is 3. The summed E-state index contributed by atoms with van der Waals surface area (Å²) in [6.07, 6.45) is 15.1. The molecule has 0 spiro atoms. The van der Waals surface area contributed by atoms with Crippen LogP contribution in [-0.4, -0.2) is 54.1 Å². The van der Waals surface area contributed by atoms with Crippen LogP contribution >= 0.6 is 0 Å². The summed E-state index contributed by atoms with van der Waals surface area (Å²) in [7, 11) is 0. The molecule has 0 aromatic rings. The third-order valence-electron chi connectivity index (χ3n) is 6.72. The smallest absolute Gasteiger partial charge is 0.336 e. The Hall–Kier alpha value is -1.79. The molecule has 0 aliphatic carbocycles. The van der Waals surface area contributed by atoms with Crippen LogP contribution in [0.15, 0.2) is 0 Å². The van der Waals surface area contributed by atoms with Crippen LogP contribution in [-0.2, 0) is 0 Å². The van der Waals surface area contributed by atoms with Crippen LogP contribution in [0.3, 0.4) is 0 Å². The van der Waals surface area contributed by atoms with Crippen molar-refractivity contribution in [2.24, 2.45) is 10.8 Å². The molecule has 1 fully saturated rings. The van der Waals surface area contributed by atoms with Crippen molar-refractivity contribution in [2.75, 3.05) is 26.2 Å². The van der Waals surface area contributed by atoms with Gasteiger partial charge in [0.25, 0.3) is 0 Å². The van der Waals surface area contributed by atoms with Crippen LogP contribution in [0.4, 0.5) is 14.4 Å². The van der Waals surface area contributed by atoms with Gasteiger partial charge in [-0.25, -0.2) is 24.2 Å². The first-order chi connectivity index (χ1) is 16.9. The first-order valence-corrected chi connectivity index (χ1v) is 14.6. The normalized spacial score (nSPS) is 14.3. The molecule has 1 rings (SSSR count). The zero-order valence-electron chi connectivity index (χ0n) is 24.3. The second-order valence-corrected chi connectivity index (χ2v) is 12.9. The van der Waals surface area contributed by atoms with Gasteiger partial charge in [0.15, 0.2) is 0 Å². The van der Waals surface area contributed by atoms with Gasteiger partial charge < -0.3 is 10.6 Å². The Morgan fingerprint density at radius 3 is 1.25 bits per heavy atom. The standard InChI is InChI=1S/C29H56N4O3/c1-28(2,3)19-13-7-9-15-21-30-25(34)31-22-16-10-12-18-24-33-26(35)32(27(33)36)23-17-11-8-14-20-29(4,5)6/h7-24H2,1-6H3,(H2,30,31,34). The predicted molar refractivity (Wildman–Crippen MR) is 149 cm³/mol. The summed E-state index contributed by atoms with van der Waals surface area (Å²) < 4.78 is 0. The van der Waals surface area contributed by atoms with Crippen LogP contribution in [0.2, 0.25) is 0 Å². The number of nitrogens with one attached hydrogen (secondary N) is 2. The van der Waals surface area contributed by atoms with Crippen molar-refractivity contribution >= 4 is 18.1 Å². The van der Waals surface area contributed by atoms with E-state index in [1.807, 2.05) is 0 Å². The average Bonchev–Trinajstić information content (AvgIpc) is 2.78. The number of amides is 6. The number of carbonyl (C=O) groups excluding carboxylic acids is 3. The van der Waals surface area contributed by atoms with Gasteiger partial charge in [-0.15, -0.1) is 0 Å². The van der Waals surface area contributed by atoms with Gasteiger partial charge in [0.05, 0.1) is 0 Å². The minimum Gasteiger partial charge on any atom is -0.338 e. The maximum Gasteiger partial charge on any atom is 0.336 e. The lowest BCUT2D eigenvalue weighted by Gasteiger charge is -2.39. The van der Waals surface area contributed by atoms with E-state index in [-0.39, 0.29) is 18.1 Å². The maximum atomic E-state index is 12.2. The number of rotatable bonds is 19. The molecule has 0 saturated carbocycles. The predicted octanol–water partition coefficient (Wildman–Crippen LogP) is 7.70. The molecule has 6 amide bonds. The Morgan fingerprint density at radius 2 is 0.889 bits per heavy atom. The molecule has 0 radical (unpaired) electrons. The minimum atomic E-state index is -0.137. The number of hydrogen-bond donors (Lipinski definition) is 2. The Labute approximate surface area is 221 Å². The summed E-state index contributed by atoms with van der Waals surface area (Å²) in [5.74, 6) is 0. The van der Waals surface area contributed by atoms with Crippen molar-refractivity contribution in [3.63, 3.8) is 0 Å². The fourth-order valence-corrected chi connectivity index (χ4v) is 4.42. The molecule has 1 aliphatic rings. The second-order valence-electron chi connectivity index (χ2n) is 12.9. The first-order valence-electron chi connectivity index (χ1n) is 14.6. The Kier molecular flexibility index (Phi) is 15.1. The fourth-order valence-electron chi connectivity index (χ4n) is 4.42. The highest BCUT2D eigenvalue weighted by atomic mass is 16.2.